The fourth-order valence-electron chi connectivity index (χ4n) is 2.77. The van der Waals surface area contributed by atoms with E-state index in [0.29, 0.717) is 22.1 Å². The largest absolute Gasteiger partial charge is 0.497 e. The minimum Gasteiger partial charge on any atom is -0.497 e. The lowest BCUT2D eigenvalue weighted by molar-refractivity contribution is -0.118. The van der Waals surface area contributed by atoms with Crippen molar-refractivity contribution in [2.75, 3.05) is 19.0 Å². The normalized spacial score (nSPS) is 12.8. The molecule has 2 aromatic rings. The van der Waals surface area contributed by atoms with Crippen molar-refractivity contribution in [1.82, 2.24) is 0 Å². The molecule has 6 heteroatoms. The van der Waals surface area contributed by atoms with Crippen LogP contribution in [0.5, 0.6) is 11.5 Å². The quantitative estimate of drug-likeness (QED) is 0.902. The number of aryl methyl sites for hydroxylation is 1. The monoisotopic (exact) mass is 342 g/mol. The summed E-state index contributed by atoms with van der Waals surface area (Å²) in [5.41, 5.74) is 1.72. The number of methoxy groups -OCH3 is 1. The van der Waals surface area contributed by atoms with E-state index in [4.69, 9.17) is 9.47 Å². The van der Waals surface area contributed by atoms with Gasteiger partial charge in [-0.1, -0.05) is 6.07 Å². The number of nitriles is 1. The molecule has 0 saturated heterocycles. The number of nitrogens with zero attached hydrogens (tertiary/aromatic N) is 1. The zero-order valence-electron chi connectivity index (χ0n) is 13.4. The van der Waals surface area contributed by atoms with Gasteiger partial charge in [-0.3, -0.25) is 4.79 Å². The average Bonchev–Trinajstić information content (AvgIpc) is 2.97. The molecule has 1 N–H and O–H groups in total. The summed E-state index contributed by atoms with van der Waals surface area (Å²) in [7, 11) is 1.58. The molecule has 0 radical (unpaired) electrons. The van der Waals surface area contributed by atoms with Gasteiger partial charge >= 0.3 is 0 Å². The number of hydrogen-bond acceptors (Lipinski definition) is 5. The number of amides is 1. The van der Waals surface area contributed by atoms with Gasteiger partial charge in [0.15, 0.2) is 6.61 Å². The molecule has 24 heavy (non-hydrogen) atoms. The summed E-state index contributed by atoms with van der Waals surface area (Å²) in [6, 6.07) is 9.33. The lowest BCUT2D eigenvalue weighted by Crippen LogP contribution is -2.20. The second-order valence-electron chi connectivity index (χ2n) is 5.54. The van der Waals surface area contributed by atoms with Gasteiger partial charge in [0.25, 0.3) is 5.91 Å². The summed E-state index contributed by atoms with van der Waals surface area (Å²) >= 11 is 1.51. The highest BCUT2D eigenvalue weighted by Gasteiger charge is 2.21. The fraction of sp³-hybridized carbons (Fsp3) is 0.333. The molecule has 1 amide bonds. The first-order valence-electron chi connectivity index (χ1n) is 7.82. The zero-order valence-corrected chi connectivity index (χ0v) is 14.2. The second-order valence-corrected chi connectivity index (χ2v) is 6.65. The lowest BCUT2D eigenvalue weighted by atomic mass is 9.96. The predicted octanol–water partition coefficient (Wildman–Crippen LogP) is 3.52. The Morgan fingerprint density at radius 1 is 1.33 bits per heavy atom. The number of nitrogens with one attached hydrogen (secondary N) is 1. The Bertz CT molecular complexity index is 792. The summed E-state index contributed by atoms with van der Waals surface area (Å²) in [4.78, 5) is 13.4. The third kappa shape index (κ3) is 3.52. The first-order chi connectivity index (χ1) is 11.7. The van der Waals surface area contributed by atoms with Crippen molar-refractivity contribution < 1.29 is 14.3 Å². The summed E-state index contributed by atoms with van der Waals surface area (Å²) in [6.07, 6.45) is 4.16. The number of rotatable bonds is 5. The van der Waals surface area contributed by atoms with Crippen LogP contribution in [0.1, 0.15) is 28.8 Å². The van der Waals surface area contributed by atoms with Crippen molar-refractivity contribution in [3.8, 4) is 17.6 Å². The minimum absolute atomic E-state index is 0.111. The molecule has 0 atom stereocenters. The standard InChI is InChI=1S/C18H18N2O3S/c1-22-12-5-4-6-13(9-12)23-11-17(21)20-18-15(10-19)14-7-2-3-8-16(14)24-18/h4-6,9H,2-3,7-8,11H2,1H3,(H,20,21). The fourth-order valence-corrected chi connectivity index (χ4v) is 4.03. The molecule has 1 aromatic heterocycles. The van der Waals surface area contributed by atoms with E-state index >= 15 is 0 Å². The van der Waals surface area contributed by atoms with Crippen LogP contribution >= 0.6 is 11.3 Å². The Morgan fingerprint density at radius 2 is 2.12 bits per heavy atom. The van der Waals surface area contributed by atoms with Crippen molar-refractivity contribution in [1.29, 1.82) is 5.26 Å². The molecule has 0 spiro atoms. The van der Waals surface area contributed by atoms with Crippen LogP contribution in [0.3, 0.4) is 0 Å². The highest BCUT2D eigenvalue weighted by atomic mass is 32.1. The lowest BCUT2D eigenvalue weighted by Gasteiger charge is -2.09. The third-order valence-corrected chi connectivity index (χ3v) is 5.15. The van der Waals surface area contributed by atoms with Crippen molar-refractivity contribution >= 4 is 22.2 Å². The second kappa shape index (κ2) is 7.37. The van der Waals surface area contributed by atoms with Gasteiger partial charge in [-0.25, -0.2) is 0 Å². The smallest absolute Gasteiger partial charge is 0.262 e. The van der Waals surface area contributed by atoms with Crippen LogP contribution in [-0.2, 0) is 17.6 Å². The number of fused-ring (bicyclic) bond motifs is 1. The zero-order chi connectivity index (χ0) is 16.9. The van der Waals surface area contributed by atoms with E-state index in [9.17, 15) is 10.1 Å². The van der Waals surface area contributed by atoms with Crippen LogP contribution in [-0.4, -0.2) is 19.6 Å². The van der Waals surface area contributed by atoms with Gasteiger partial charge in [0.1, 0.15) is 22.6 Å². The van der Waals surface area contributed by atoms with Crippen LogP contribution in [0.2, 0.25) is 0 Å². The molecule has 3 rings (SSSR count). The van der Waals surface area contributed by atoms with Gasteiger partial charge in [0, 0.05) is 10.9 Å². The summed E-state index contributed by atoms with van der Waals surface area (Å²) in [6.45, 7) is -0.111. The molecule has 0 unspecified atom stereocenters. The maximum Gasteiger partial charge on any atom is 0.262 e. The molecule has 0 bridgehead atoms. The van der Waals surface area contributed by atoms with E-state index in [1.165, 1.54) is 16.2 Å². The van der Waals surface area contributed by atoms with E-state index in [0.717, 1.165) is 31.2 Å². The summed E-state index contributed by atoms with van der Waals surface area (Å²) < 4.78 is 10.6. The van der Waals surface area contributed by atoms with Crippen molar-refractivity contribution in [2.45, 2.75) is 25.7 Å². The molecule has 0 fully saturated rings. The van der Waals surface area contributed by atoms with Gasteiger partial charge in [0.2, 0.25) is 0 Å². The Kier molecular flexibility index (Phi) is 5.02. The van der Waals surface area contributed by atoms with E-state index in [1.807, 2.05) is 6.07 Å². The molecular weight excluding hydrogens is 324 g/mol. The van der Waals surface area contributed by atoms with Gasteiger partial charge in [-0.05, 0) is 43.4 Å². The predicted molar refractivity (Wildman–Crippen MR) is 92.8 cm³/mol. The first-order valence-corrected chi connectivity index (χ1v) is 8.64. The number of anilines is 1. The van der Waals surface area contributed by atoms with Crippen LogP contribution in [0.25, 0.3) is 0 Å². The molecule has 5 nitrogen and oxygen atoms in total. The number of ether oxygens (including phenoxy) is 2. The first kappa shape index (κ1) is 16.3. The number of thiophene rings is 1. The Morgan fingerprint density at radius 3 is 2.92 bits per heavy atom. The minimum atomic E-state index is -0.270. The maximum absolute atomic E-state index is 12.2. The van der Waals surface area contributed by atoms with Crippen LogP contribution in [0.4, 0.5) is 5.00 Å². The van der Waals surface area contributed by atoms with Gasteiger partial charge < -0.3 is 14.8 Å². The Hall–Kier alpha value is -2.52. The number of carbonyl (C=O) groups excluding carboxylic acids is 1. The average molecular weight is 342 g/mol. The highest BCUT2D eigenvalue weighted by Crippen LogP contribution is 2.37. The topological polar surface area (TPSA) is 71.3 Å². The number of hydrogen-bond donors (Lipinski definition) is 1. The third-order valence-electron chi connectivity index (χ3n) is 3.95. The molecule has 1 aliphatic carbocycles. The summed E-state index contributed by atoms with van der Waals surface area (Å²) in [5, 5.41) is 12.9. The van der Waals surface area contributed by atoms with E-state index in [1.54, 1.807) is 25.3 Å². The SMILES string of the molecule is COc1cccc(OCC(=O)Nc2sc3c(c2C#N)CCCC3)c1. The van der Waals surface area contributed by atoms with E-state index in [-0.39, 0.29) is 12.5 Å². The Balaban J connectivity index is 1.65. The molecule has 1 aliphatic rings. The highest BCUT2D eigenvalue weighted by molar-refractivity contribution is 7.16. The van der Waals surface area contributed by atoms with Crippen LogP contribution in [0, 0.1) is 11.3 Å². The molecule has 1 aromatic carbocycles. The maximum atomic E-state index is 12.2. The van der Waals surface area contributed by atoms with Crippen LogP contribution < -0.4 is 14.8 Å². The molecular formula is C18H18N2O3S. The van der Waals surface area contributed by atoms with Crippen LogP contribution in [0.15, 0.2) is 24.3 Å². The Labute approximate surface area is 144 Å². The number of carbonyl (C=O) groups is 1. The molecule has 1 heterocycles. The molecule has 0 saturated carbocycles. The van der Waals surface area contributed by atoms with Gasteiger partial charge in [-0.2, -0.15) is 5.26 Å². The molecule has 0 aliphatic heterocycles. The summed E-state index contributed by atoms with van der Waals surface area (Å²) in [5.74, 6) is 0.967. The van der Waals surface area contributed by atoms with Gasteiger partial charge in [-0.15, -0.1) is 11.3 Å². The number of benzene rings is 1. The van der Waals surface area contributed by atoms with Gasteiger partial charge in [0.05, 0.1) is 12.7 Å². The van der Waals surface area contributed by atoms with Crippen molar-refractivity contribution in [3.63, 3.8) is 0 Å². The van der Waals surface area contributed by atoms with E-state index in [2.05, 4.69) is 11.4 Å². The van der Waals surface area contributed by atoms with E-state index < -0.39 is 0 Å². The van der Waals surface area contributed by atoms with Crippen molar-refractivity contribution in [2.24, 2.45) is 0 Å². The van der Waals surface area contributed by atoms with Crippen molar-refractivity contribution in [3.05, 3.63) is 40.3 Å². The molecule has 124 valence electrons.